The molecule has 2 aliphatic heterocycles. The summed E-state index contributed by atoms with van der Waals surface area (Å²) in [6, 6.07) is -1.02. The number of rotatable bonds is 13. The third-order valence-electron chi connectivity index (χ3n) is 5.16. The Morgan fingerprint density at radius 2 is 2.28 bits per heavy atom. The fourth-order valence-corrected chi connectivity index (χ4v) is 6.56. The first kappa shape index (κ1) is 27.8. The number of hydrogen-bond acceptors (Lipinski definition) is 13. The van der Waals surface area contributed by atoms with Gasteiger partial charge >= 0.3 is 5.97 Å². The number of tetrazole rings is 1. The molecule has 2 aromatic rings. The van der Waals surface area contributed by atoms with Gasteiger partial charge in [0.2, 0.25) is 11.6 Å². The molecule has 2 aliphatic rings. The van der Waals surface area contributed by atoms with Crippen LogP contribution < -0.4 is 10.6 Å². The summed E-state index contributed by atoms with van der Waals surface area (Å²) in [7, 11) is 0. The largest absolute Gasteiger partial charge is 0.477 e. The number of terminal acetylenes is 1. The molecule has 0 saturated carbocycles. The van der Waals surface area contributed by atoms with E-state index in [4.69, 9.17) is 11.3 Å². The second-order valence-electron chi connectivity index (χ2n) is 7.56. The topological polar surface area (TPSA) is 194 Å². The molecule has 0 aliphatic carbocycles. The molecule has 39 heavy (non-hydrogen) atoms. The first-order valence-corrected chi connectivity index (χ1v) is 13.8. The molecule has 0 aromatic carbocycles. The normalized spacial score (nSPS) is 18.5. The van der Waals surface area contributed by atoms with Crippen molar-refractivity contribution in [2.45, 2.75) is 23.1 Å². The molecule has 3 N–H and O–H groups in total. The number of carboxylic acids is 1. The van der Waals surface area contributed by atoms with E-state index < -0.39 is 29.2 Å². The highest BCUT2D eigenvalue weighted by molar-refractivity contribution is 8.01. The number of carbonyl (C=O) groups excluding carboxylic acids is 3. The van der Waals surface area contributed by atoms with Crippen LogP contribution in [0.4, 0.5) is 5.13 Å². The van der Waals surface area contributed by atoms with Gasteiger partial charge in [0, 0.05) is 16.9 Å². The summed E-state index contributed by atoms with van der Waals surface area (Å²) in [5.41, 5.74) is 0.196. The molecule has 0 bridgehead atoms. The first-order chi connectivity index (χ1) is 18.9. The Hall–Kier alpha value is -4.21. The van der Waals surface area contributed by atoms with Crippen molar-refractivity contribution >= 4 is 69.9 Å². The summed E-state index contributed by atoms with van der Waals surface area (Å²) < 4.78 is 1.52. The van der Waals surface area contributed by atoms with Gasteiger partial charge in [-0.3, -0.25) is 19.3 Å². The van der Waals surface area contributed by atoms with Gasteiger partial charge in [-0.2, -0.15) is 0 Å². The number of carbonyl (C=O) groups is 4. The standard InChI is InChI=1S/C21H19N9O6S3/c1-3-5-29-21(25-27-28-29)39-8-11-7-37-18-14(17(33)30(18)15(11)19(34)35)24-16(32)13(26-36-6-4-2)12-9-38-20(23-12)22-10-31/h2-3,9-10,14,18H,1,5-8H2,(H,24,32)(H,34,35)(H,22,23,31)/t14?,18-/m1/s1. The van der Waals surface area contributed by atoms with Gasteiger partial charge in [0.15, 0.2) is 17.5 Å². The van der Waals surface area contributed by atoms with Crippen LogP contribution >= 0.6 is 34.9 Å². The molecule has 1 unspecified atom stereocenters. The highest BCUT2D eigenvalue weighted by Gasteiger charge is 2.54. The average Bonchev–Trinajstić information content (AvgIpc) is 3.57. The Morgan fingerprint density at radius 3 is 3.00 bits per heavy atom. The van der Waals surface area contributed by atoms with Gasteiger partial charge in [0.25, 0.3) is 11.8 Å². The number of hydrogen-bond donors (Lipinski definition) is 3. The summed E-state index contributed by atoms with van der Waals surface area (Å²) in [6.45, 7) is 3.81. The Labute approximate surface area is 233 Å². The molecule has 4 heterocycles. The molecule has 4 rings (SSSR count). The van der Waals surface area contributed by atoms with E-state index >= 15 is 0 Å². The van der Waals surface area contributed by atoms with E-state index in [0.717, 1.165) is 16.2 Å². The van der Waals surface area contributed by atoms with E-state index in [1.54, 1.807) is 6.08 Å². The summed E-state index contributed by atoms with van der Waals surface area (Å²) in [5.74, 6) is 0.113. The summed E-state index contributed by atoms with van der Waals surface area (Å²) in [4.78, 5) is 59.2. The van der Waals surface area contributed by atoms with Gasteiger partial charge in [0.05, 0.1) is 6.54 Å². The average molecular weight is 590 g/mol. The van der Waals surface area contributed by atoms with Crippen LogP contribution in [0.2, 0.25) is 0 Å². The molecule has 15 nitrogen and oxygen atoms in total. The van der Waals surface area contributed by atoms with Crippen molar-refractivity contribution in [1.29, 1.82) is 0 Å². The van der Waals surface area contributed by atoms with Crippen LogP contribution in [-0.4, -0.2) is 94.6 Å². The van der Waals surface area contributed by atoms with Crippen LogP contribution in [-0.2, 0) is 30.6 Å². The third kappa shape index (κ3) is 5.94. The lowest BCUT2D eigenvalue weighted by molar-refractivity contribution is -0.150. The molecule has 1 fully saturated rings. The van der Waals surface area contributed by atoms with Crippen molar-refractivity contribution < 1.29 is 29.1 Å². The zero-order valence-corrected chi connectivity index (χ0v) is 22.3. The molecule has 0 radical (unpaired) electrons. The maximum absolute atomic E-state index is 13.1. The number of thiazole rings is 1. The zero-order chi connectivity index (χ0) is 27.9. The van der Waals surface area contributed by atoms with E-state index in [-0.39, 0.29) is 34.6 Å². The fourth-order valence-electron chi connectivity index (χ4n) is 3.53. The number of aromatic nitrogens is 5. The molecular weight excluding hydrogens is 570 g/mol. The number of allylic oxidation sites excluding steroid dienone is 1. The van der Waals surface area contributed by atoms with Crippen LogP contribution in [0.3, 0.4) is 0 Å². The quantitative estimate of drug-likeness (QED) is 0.0407. The van der Waals surface area contributed by atoms with Crippen LogP contribution in [0.15, 0.2) is 39.6 Å². The van der Waals surface area contributed by atoms with Crippen LogP contribution in [0.25, 0.3) is 0 Å². The Balaban J connectivity index is 1.49. The van der Waals surface area contributed by atoms with Crippen LogP contribution in [0, 0.1) is 12.3 Å². The van der Waals surface area contributed by atoms with Crippen LogP contribution in [0.5, 0.6) is 0 Å². The van der Waals surface area contributed by atoms with Gasteiger partial charge in [0.1, 0.15) is 22.8 Å². The Morgan fingerprint density at radius 1 is 1.46 bits per heavy atom. The van der Waals surface area contributed by atoms with E-state index in [1.807, 2.05) is 0 Å². The van der Waals surface area contributed by atoms with Gasteiger partial charge in [-0.25, -0.2) is 14.5 Å². The lowest BCUT2D eigenvalue weighted by Gasteiger charge is -2.49. The van der Waals surface area contributed by atoms with E-state index in [0.29, 0.717) is 29.4 Å². The molecule has 1 saturated heterocycles. The molecule has 2 aromatic heterocycles. The summed E-state index contributed by atoms with van der Waals surface area (Å²) in [5, 5.41) is 31.5. The molecule has 0 spiro atoms. The number of amides is 3. The Bertz CT molecular complexity index is 1410. The number of thioether (sulfide) groups is 2. The van der Waals surface area contributed by atoms with Crippen LogP contribution in [0.1, 0.15) is 5.69 Å². The first-order valence-electron chi connectivity index (χ1n) is 10.9. The van der Waals surface area contributed by atoms with Crippen molar-refractivity contribution in [3.05, 3.63) is 35.0 Å². The number of β-lactam (4-membered cyclic amide) rings is 1. The lowest BCUT2D eigenvalue weighted by Crippen LogP contribution is -2.71. The number of aliphatic carboxylic acids is 1. The Kier molecular flexibility index (Phi) is 8.96. The molecule has 3 amide bonds. The van der Waals surface area contributed by atoms with Crippen molar-refractivity contribution in [1.82, 2.24) is 35.4 Å². The second-order valence-corrected chi connectivity index (χ2v) is 10.5. The number of fused-ring (bicyclic) bond motifs is 1. The summed E-state index contributed by atoms with van der Waals surface area (Å²) in [6.07, 6.45) is 7.22. The second kappa shape index (κ2) is 12.6. The maximum Gasteiger partial charge on any atom is 0.352 e. The van der Waals surface area contributed by atoms with Gasteiger partial charge in [-0.1, -0.05) is 28.9 Å². The highest BCUT2D eigenvalue weighted by Crippen LogP contribution is 2.41. The predicted molar refractivity (Wildman–Crippen MR) is 142 cm³/mol. The van der Waals surface area contributed by atoms with Gasteiger partial charge in [-0.15, -0.1) is 41.2 Å². The molecule has 2 atom stereocenters. The number of nitrogens with one attached hydrogen (secondary N) is 2. The highest BCUT2D eigenvalue weighted by atomic mass is 32.2. The maximum atomic E-state index is 13.1. The van der Waals surface area contributed by atoms with E-state index in [2.05, 4.69) is 48.8 Å². The SMILES string of the molecule is C#CCON=C(C(=O)NC1C(=O)N2C(C(=O)O)=C(CSc3nnnn3CC=C)CS[C@H]12)c1csc(NC=O)n1. The lowest BCUT2D eigenvalue weighted by atomic mass is 10.0. The van der Waals surface area contributed by atoms with Crippen molar-refractivity contribution in [3.8, 4) is 12.3 Å². The fraction of sp³-hybridized carbons (Fsp3) is 0.286. The zero-order valence-electron chi connectivity index (χ0n) is 19.8. The van der Waals surface area contributed by atoms with E-state index in [9.17, 15) is 24.3 Å². The molecule has 18 heteroatoms. The van der Waals surface area contributed by atoms with Crippen molar-refractivity contribution in [2.75, 3.05) is 23.4 Å². The van der Waals surface area contributed by atoms with Crippen molar-refractivity contribution in [3.63, 3.8) is 0 Å². The number of oxime groups is 1. The monoisotopic (exact) mass is 589 g/mol. The van der Waals surface area contributed by atoms with Crippen molar-refractivity contribution in [2.24, 2.45) is 5.16 Å². The summed E-state index contributed by atoms with van der Waals surface area (Å²) >= 11 is 3.59. The smallest absolute Gasteiger partial charge is 0.352 e. The number of carboxylic acid groups (broad SMARTS) is 1. The number of nitrogens with zero attached hydrogens (tertiary/aromatic N) is 7. The number of anilines is 1. The van der Waals surface area contributed by atoms with Gasteiger partial charge in [-0.05, 0) is 16.0 Å². The predicted octanol–water partition coefficient (Wildman–Crippen LogP) is -0.231. The van der Waals surface area contributed by atoms with Gasteiger partial charge < -0.3 is 20.6 Å². The molecular formula is C21H19N9O6S3. The minimum Gasteiger partial charge on any atom is -0.477 e. The van der Waals surface area contributed by atoms with E-state index in [1.165, 1.54) is 33.6 Å². The minimum absolute atomic E-state index is 0.0861. The molecule has 202 valence electrons. The third-order valence-corrected chi connectivity index (χ3v) is 8.32. The minimum atomic E-state index is -1.26.